The maximum Gasteiger partial charge on any atom is 0.437 e. The first-order valence-electron chi connectivity index (χ1n) is 9.81. The number of ether oxygens (including phenoxy) is 2. The van der Waals surface area contributed by atoms with E-state index < -0.39 is 29.4 Å². The van der Waals surface area contributed by atoms with Crippen LogP contribution in [-0.2, 0) is 30.4 Å². The van der Waals surface area contributed by atoms with E-state index in [1.807, 2.05) is 6.92 Å². The zero-order valence-electron chi connectivity index (χ0n) is 17.2. The second-order valence-electron chi connectivity index (χ2n) is 6.81. The van der Waals surface area contributed by atoms with Crippen LogP contribution in [0.5, 0.6) is 11.6 Å². The second-order valence-corrected chi connectivity index (χ2v) is 6.81. The van der Waals surface area contributed by atoms with Crippen molar-refractivity contribution in [2.45, 2.75) is 52.8 Å². The third kappa shape index (κ3) is 4.98. The first kappa shape index (κ1) is 22.6. The minimum atomic E-state index is -4.87. The molecule has 0 atom stereocenters. The molecule has 0 aliphatic heterocycles. The normalized spacial score (nSPS) is 11.7. The molecule has 1 aromatic carbocycles. The predicted octanol–water partition coefficient (Wildman–Crippen LogP) is 6.00. The summed E-state index contributed by atoms with van der Waals surface area (Å²) in [5, 5.41) is 0.537. The van der Waals surface area contributed by atoms with E-state index in [2.05, 4.69) is 4.98 Å². The van der Waals surface area contributed by atoms with Crippen LogP contribution in [0.1, 0.15) is 49.8 Å². The molecule has 166 valence electrons. The van der Waals surface area contributed by atoms with Gasteiger partial charge in [-0.05, 0) is 24.6 Å². The zero-order valence-corrected chi connectivity index (χ0v) is 17.2. The van der Waals surface area contributed by atoms with Gasteiger partial charge in [-0.3, -0.25) is 4.79 Å². The monoisotopic (exact) mass is 439 g/mol. The Kier molecular flexibility index (Phi) is 6.52. The summed E-state index contributed by atoms with van der Waals surface area (Å²) >= 11 is 0. The molecule has 31 heavy (non-hydrogen) atoms. The maximum atomic E-state index is 14.0. The van der Waals surface area contributed by atoms with Gasteiger partial charge in [0, 0.05) is 35.4 Å². The molecule has 0 bridgehead atoms. The molecule has 9 heteroatoms. The number of furan rings is 1. The van der Waals surface area contributed by atoms with E-state index in [0.717, 1.165) is 0 Å². The van der Waals surface area contributed by atoms with Crippen molar-refractivity contribution in [3.05, 3.63) is 52.7 Å². The lowest BCUT2D eigenvalue weighted by atomic mass is 10.1. The summed E-state index contributed by atoms with van der Waals surface area (Å²) in [6, 6.07) is 5.50. The zero-order chi connectivity index (χ0) is 22.8. The fourth-order valence-electron chi connectivity index (χ4n) is 3.06. The highest BCUT2D eigenvalue weighted by Crippen LogP contribution is 2.39. The van der Waals surface area contributed by atoms with E-state index in [9.17, 15) is 22.4 Å². The molecule has 0 N–H and O–H groups in total. The van der Waals surface area contributed by atoms with Gasteiger partial charge in [0.2, 0.25) is 5.88 Å². The SMILES string of the molecule is CCC(=O)Oc1c(CC)cc(OCc2cc(F)cc3cc(CC)oc23)nc1C(F)(F)F. The molecule has 0 saturated carbocycles. The molecule has 3 aromatic rings. The maximum absolute atomic E-state index is 14.0. The summed E-state index contributed by atoms with van der Waals surface area (Å²) in [5.41, 5.74) is -0.489. The van der Waals surface area contributed by atoms with Crippen molar-refractivity contribution in [1.82, 2.24) is 4.98 Å². The molecule has 0 aliphatic carbocycles. The van der Waals surface area contributed by atoms with Crippen LogP contribution in [0.3, 0.4) is 0 Å². The summed E-state index contributed by atoms with van der Waals surface area (Å²) in [5.74, 6) is -1.62. The molecule has 2 aromatic heterocycles. The minimum absolute atomic E-state index is 0.0861. The number of hydrogen-bond acceptors (Lipinski definition) is 5. The average Bonchev–Trinajstić information content (AvgIpc) is 3.14. The largest absolute Gasteiger partial charge is 0.473 e. The van der Waals surface area contributed by atoms with E-state index in [-0.39, 0.29) is 30.9 Å². The first-order chi connectivity index (χ1) is 14.7. The highest BCUT2D eigenvalue weighted by atomic mass is 19.4. The van der Waals surface area contributed by atoms with Crippen molar-refractivity contribution >= 4 is 16.9 Å². The van der Waals surface area contributed by atoms with Gasteiger partial charge in [0.1, 0.15) is 23.8 Å². The average molecular weight is 439 g/mol. The summed E-state index contributed by atoms with van der Waals surface area (Å²) in [7, 11) is 0. The topological polar surface area (TPSA) is 61.6 Å². The van der Waals surface area contributed by atoms with E-state index in [0.29, 0.717) is 28.7 Å². The molecule has 0 spiro atoms. The number of alkyl halides is 3. The van der Waals surface area contributed by atoms with Gasteiger partial charge in [0.05, 0.1) is 0 Å². The number of benzene rings is 1. The Morgan fingerprint density at radius 3 is 2.42 bits per heavy atom. The Labute approximate surface area is 176 Å². The molecule has 3 rings (SSSR count). The Balaban J connectivity index is 1.98. The van der Waals surface area contributed by atoms with Crippen molar-refractivity contribution in [3.63, 3.8) is 0 Å². The summed E-state index contributed by atoms with van der Waals surface area (Å²) in [6.07, 6.45) is -4.20. The number of fused-ring (bicyclic) bond motifs is 1. The Morgan fingerprint density at radius 2 is 1.81 bits per heavy atom. The Bertz CT molecular complexity index is 1110. The number of halogens is 4. The van der Waals surface area contributed by atoms with Gasteiger partial charge in [-0.15, -0.1) is 0 Å². The number of rotatable bonds is 7. The lowest BCUT2D eigenvalue weighted by Crippen LogP contribution is -2.17. The van der Waals surface area contributed by atoms with Gasteiger partial charge >= 0.3 is 12.1 Å². The van der Waals surface area contributed by atoms with Crippen LogP contribution in [0.4, 0.5) is 17.6 Å². The van der Waals surface area contributed by atoms with Gasteiger partial charge in [0.15, 0.2) is 11.4 Å². The minimum Gasteiger partial charge on any atom is -0.473 e. The Morgan fingerprint density at radius 1 is 1.06 bits per heavy atom. The molecular formula is C22H21F4NO4. The number of pyridine rings is 1. The molecular weight excluding hydrogens is 418 g/mol. The van der Waals surface area contributed by atoms with Gasteiger partial charge in [-0.25, -0.2) is 9.37 Å². The molecule has 5 nitrogen and oxygen atoms in total. The molecule has 0 aliphatic rings. The van der Waals surface area contributed by atoms with Crippen LogP contribution in [0.25, 0.3) is 11.0 Å². The van der Waals surface area contributed by atoms with E-state index in [4.69, 9.17) is 13.9 Å². The van der Waals surface area contributed by atoms with Crippen molar-refractivity contribution in [2.75, 3.05) is 0 Å². The summed E-state index contributed by atoms with van der Waals surface area (Å²) in [6.45, 7) is 4.72. The van der Waals surface area contributed by atoms with Gasteiger partial charge in [-0.2, -0.15) is 13.2 Å². The van der Waals surface area contributed by atoms with Gasteiger partial charge in [-0.1, -0.05) is 20.8 Å². The lowest BCUT2D eigenvalue weighted by molar-refractivity contribution is -0.145. The van der Waals surface area contributed by atoms with Crippen molar-refractivity contribution < 1.29 is 36.2 Å². The third-order valence-corrected chi connectivity index (χ3v) is 4.61. The number of nitrogens with zero attached hydrogens (tertiary/aromatic N) is 1. The number of aryl methyl sites for hydroxylation is 2. The van der Waals surface area contributed by atoms with Crippen molar-refractivity contribution in [3.8, 4) is 11.6 Å². The van der Waals surface area contributed by atoms with E-state index in [1.165, 1.54) is 25.1 Å². The van der Waals surface area contributed by atoms with Crippen molar-refractivity contribution in [1.29, 1.82) is 0 Å². The van der Waals surface area contributed by atoms with Crippen LogP contribution in [0, 0.1) is 5.82 Å². The predicted molar refractivity (Wildman–Crippen MR) is 104 cm³/mol. The quantitative estimate of drug-likeness (QED) is 0.334. The third-order valence-electron chi connectivity index (χ3n) is 4.61. The van der Waals surface area contributed by atoms with Gasteiger partial charge < -0.3 is 13.9 Å². The van der Waals surface area contributed by atoms with Crippen LogP contribution < -0.4 is 9.47 Å². The standard InChI is InChI=1S/C22H21F4NO4/c1-4-12-10-17(27-21(22(24,25)26)20(12)31-18(28)6-3)29-11-14-8-15(23)7-13-9-16(5-2)30-19(13)14/h7-10H,4-6,11H2,1-3H3. The van der Waals surface area contributed by atoms with Crippen molar-refractivity contribution in [2.24, 2.45) is 0 Å². The van der Waals surface area contributed by atoms with E-state index >= 15 is 0 Å². The molecule has 2 heterocycles. The number of aromatic nitrogens is 1. The smallest absolute Gasteiger partial charge is 0.437 e. The van der Waals surface area contributed by atoms with Crippen LogP contribution in [-0.4, -0.2) is 11.0 Å². The fraction of sp³-hybridized carbons (Fsp3) is 0.364. The van der Waals surface area contributed by atoms with Gasteiger partial charge in [0.25, 0.3) is 0 Å². The Hall–Kier alpha value is -3.10. The molecule has 0 radical (unpaired) electrons. The second kappa shape index (κ2) is 8.95. The number of esters is 1. The number of hydrogen-bond donors (Lipinski definition) is 0. The highest BCUT2D eigenvalue weighted by Gasteiger charge is 2.39. The number of carbonyl (C=O) groups excluding carboxylic acids is 1. The summed E-state index contributed by atoms with van der Waals surface area (Å²) < 4.78 is 70.8. The number of carbonyl (C=O) groups is 1. The summed E-state index contributed by atoms with van der Waals surface area (Å²) in [4.78, 5) is 15.1. The van der Waals surface area contributed by atoms with Crippen LogP contribution in [0.2, 0.25) is 0 Å². The molecule has 0 amide bonds. The highest BCUT2D eigenvalue weighted by molar-refractivity contribution is 5.81. The molecule has 0 fully saturated rings. The van der Waals surface area contributed by atoms with E-state index in [1.54, 1.807) is 13.0 Å². The molecule has 0 unspecified atom stereocenters. The molecule has 0 saturated heterocycles. The first-order valence-corrected chi connectivity index (χ1v) is 9.81. The fourth-order valence-corrected chi connectivity index (χ4v) is 3.06. The lowest BCUT2D eigenvalue weighted by Gasteiger charge is -2.17. The van der Waals surface area contributed by atoms with Crippen LogP contribution in [0.15, 0.2) is 28.7 Å². The van der Waals surface area contributed by atoms with Crippen LogP contribution >= 0.6 is 0 Å².